The van der Waals surface area contributed by atoms with Crippen LogP contribution in [-0.2, 0) is 16.1 Å². The van der Waals surface area contributed by atoms with Crippen LogP contribution in [0.25, 0.3) is 22.2 Å². The molecular weight excluding hydrogens is 456 g/mol. The molecule has 0 radical (unpaired) electrons. The standard InChI is InChI=1S/C27H30N6O3/c28-26-25-23(20-7-9-22(10-8-20)36-21-5-2-1-3-6-21)17-33(27(25)31-19-30-26)18-24(34)29-11-4-12-32-13-15-35-16-14-32/h1-3,5-10,17,19H,4,11-16,18H2,(H,29,34)(H2,28,30,31). The van der Waals surface area contributed by atoms with Gasteiger partial charge in [-0.25, -0.2) is 9.97 Å². The molecule has 1 amide bonds. The molecule has 2 aromatic carbocycles. The molecule has 3 heterocycles. The second kappa shape index (κ2) is 11.2. The Balaban J connectivity index is 1.27. The smallest absolute Gasteiger partial charge is 0.239 e. The molecule has 9 nitrogen and oxygen atoms in total. The first kappa shape index (κ1) is 23.8. The van der Waals surface area contributed by atoms with E-state index in [0.29, 0.717) is 18.0 Å². The second-order valence-corrected chi connectivity index (χ2v) is 8.73. The van der Waals surface area contributed by atoms with Crippen molar-refractivity contribution in [2.45, 2.75) is 13.0 Å². The zero-order valence-corrected chi connectivity index (χ0v) is 20.1. The lowest BCUT2D eigenvalue weighted by molar-refractivity contribution is -0.121. The maximum Gasteiger partial charge on any atom is 0.239 e. The summed E-state index contributed by atoms with van der Waals surface area (Å²) in [7, 11) is 0. The highest BCUT2D eigenvalue weighted by Crippen LogP contribution is 2.34. The molecule has 5 rings (SSSR count). The van der Waals surface area contributed by atoms with Crippen molar-refractivity contribution in [2.24, 2.45) is 0 Å². The highest BCUT2D eigenvalue weighted by molar-refractivity contribution is 6.01. The third kappa shape index (κ3) is 5.64. The first-order chi connectivity index (χ1) is 17.7. The molecule has 0 aliphatic carbocycles. The maximum atomic E-state index is 12.7. The van der Waals surface area contributed by atoms with Crippen LogP contribution in [0.3, 0.4) is 0 Å². The Bertz CT molecular complexity index is 1300. The number of hydrogen-bond acceptors (Lipinski definition) is 7. The quantitative estimate of drug-likeness (QED) is 0.350. The highest BCUT2D eigenvalue weighted by Gasteiger charge is 2.17. The van der Waals surface area contributed by atoms with E-state index in [1.54, 1.807) is 0 Å². The van der Waals surface area contributed by atoms with Gasteiger partial charge < -0.3 is 25.1 Å². The van der Waals surface area contributed by atoms with E-state index in [0.717, 1.165) is 67.3 Å². The van der Waals surface area contributed by atoms with Gasteiger partial charge in [-0.1, -0.05) is 30.3 Å². The van der Waals surface area contributed by atoms with Crippen LogP contribution >= 0.6 is 0 Å². The van der Waals surface area contributed by atoms with Crippen LogP contribution in [0, 0.1) is 0 Å². The first-order valence-electron chi connectivity index (χ1n) is 12.2. The predicted octanol–water partition coefficient (Wildman–Crippen LogP) is 3.31. The van der Waals surface area contributed by atoms with E-state index in [4.69, 9.17) is 15.2 Å². The molecule has 0 bridgehead atoms. The Labute approximate surface area is 209 Å². The molecule has 4 aromatic rings. The number of fused-ring (bicyclic) bond motifs is 1. The number of anilines is 1. The topological polar surface area (TPSA) is 108 Å². The van der Waals surface area contributed by atoms with Gasteiger partial charge in [0.15, 0.2) is 0 Å². The minimum Gasteiger partial charge on any atom is -0.457 e. The number of nitrogens with two attached hydrogens (primary N) is 1. The van der Waals surface area contributed by atoms with Gasteiger partial charge >= 0.3 is 0 Å². The fourth-order valence-corrected chi connectivity index (χ4v) is 4.38. The number of nitrogen functional groups attached to an aromatic ring is 1. The van der Waals surface area contributed by atoms with Crippen LogP contribution < -0.4 is 15.8 Å². The van der Waals surface area contributed by atoms with E-state index in [1.165, 1.54) is 6.33 Å². The second-order valence-electron chi connectivity index (χ2n) is 8.73. The van der Waals surface area contributed by atoms with Gasteiger partial charge in [0, 0.05) is 31.4 Å². The summed E-state index contributed by atoms with van der Waals surface area (Å²) >= 11 is 0. The molecule has 3 N–H and O–H groups in total. The van der Waals surface area contributed by atoms with Crippen molar-refractivity contribution in [3.63, 3.8) is 0 Å². The Morgan fingerprint density at radius 2 is 1.78 bits per heavy atom. The number of morpholine rings is 1. The summed E-state index contributed by atoms with van der Waals surface area (Å²) in [6.07, 6.45) is 4.24. The Kier molecular flexibility index (Phi) is 7.39. The van der Waals surface area contributed by atoms with Gasteiger partial charge in [-0.2, -0.15) is 0 Å². The van der Waals surface area contributed by atoms with Gasteiger partial charge in [0.25, 0.3) is 0 Å². The fraction of sp³-hybridized carbons (Fsp3) is 0.296. The third-order valence-electron chi connectivity index (χ3n) is 6.22. The van der Waals surface area contributed by atoms with Gasteiger partial charge in [-0.15, -0.1) is 0 Å². The lowest BCUT2D eigenvalue weighted by atomic mass is 10.1. The van der Waals surface area contributed by atoms with Gasteiger partial charge in [-0.3, -0.25) is 9.69 Å². The highest BCUT2D eigenvalue weighted by atomic mass is 16.5. The number of benzene rings is 2. The van der Waals surface area contributed by atoms with Crippen LogP contribution in [0.15, 0.2) is 67.1 Å². The fourth-order valence-electron chi connectivity index (χ4n) is 4.38. The van der Waals surface area contributed by atoms with E-state index in [2.05, 4.69) is 20.2 Å². The number of carbonyl (C=O) groups is 1. The summed E-state index contributed by atoms with van der Waals surface area (Å²) in [5.74, 6) is 1.82. The average molecular weight is 487 g/mol. The molecule has 186 valence electrons. The number of nitrogens with zero attached hydrogens (tertiary/aromatic N) is 4. The molecule has 2 aromatic heterocycles. The number of para-hydroxylation sites is 1. The van der Waals surface area contributed by atoms with Gasteiger partial charge in [0.1, 0.15) is 35.8 Å². The minimum absolute atomic E-state index is 0.0655. The van der Waals surface area contributed by atoms with E-state index in [-0.39, 0.29) is 12.5 Å². The number of carbonyl (C=O) groups excluding carboxylic acids is 1. The molecule has 1 saturated heterocycles. The summed E-state index contributed by atoms with van der Waals surface area (Å²) in [5, 5.41) is 3.75. The summed E-state index contributed by atoms with van der Waals surface area (Å²) in [6.45, 7) is 5.20. The van der Waals surface area contributed by atoms with Crippen LogP contribution in [0.2, 0.25) is 0 Å². The van der Waals surface area contributed by atoms with Crippen molar-refractivity contribution in [1.82, 2.24) is 24.8 Å². The summed E-state index contributed by atoms with van der Waals surface area (Å²) < 4.78 is 13.1. The molecule has 0 atom stereocenters. The molecule has 1 aliphatic heterocycles. The van der Waals surface area contributed by atoms with Gasteiger partial charge in [0.2, 0.25) is 5.91 Å². The monoisotopic (exact) mass is 486 g/mol. The van der Waals surface area contributed by atoms with Gasteiger partial charge in [-0.05, 0) is 42.8 Å². The Hall–Kier alpha value is -3.95. The van der Waals surface area contributed by atoms with E-state index >= 15 is 0 Å². The summed E-state index contributed by atoms with van der Waals surface area (Å²) in [6, 6.07) is 17.4. The van der Waals surface area contributed by atoms with Crippen molar-refractivity contribution in [3.05, 3.63) is 67.1 Å². The molecule has 9 heteroatoms. The summed E-state index contributed by atoms with van der Waals surface area (Å²) in [4.78, 5) is 23.7. The lowest BCUT2D eigenvalue weighted by Gasteiger charge is -2.26. The number of rotatable bonds is 9. The minimum atomic E-state index is -0.0655. The molecule has 0 spiro atoms. The van der Waals surface area contributed by atoms with Crippen LogP contribution in [0.5, 0.6) is 11.5 Å². The Morgan fingerprint density at radius 3 is 2.56 bits per heavy atom. The number of nitrogens with one attached hydrogen (secondary N) is 1. The van der Waals surface area contributed by atoms with Crippen LogP contribution in [0.4, 0.5) is 5.82 Å². The molecular formula is C27H30N6O3. The van der Waals surface area contributed by atoms with E-state index < -0.39 is 0 Å². The predicted molar refractivity (Wildman–Crippen MR) is 139 cm³/mol. The van der Waals surface area contributed by atoms with Crippen molar-refractivity contribution in [3.8, 4) is 22.6 Å². The van der Waals surface area contributed by atoms with Crippen molar-refractivity contribution >= 4 is 22.8 Å². The van der Waals surface area contributed by atoms with Crippen molar-refractivity contribution < 1.29 is 14.3 Å². The number of aromatic nitrogens is 3. The SMILES string of the molecule is Nc1ncnc2c1c(-c1ccc(Oc3ccccc3)cc1)cn2CC(=O)NCCCN1CCOCC1. The lowest BCUT2D eigenvalue weighted by Crippen LogP contribution is -2.38. The normalized spacial score (nSPS) is 14.1. The molecule has 36 heavy (non-hydrogen) atoms. The third-order valence-corrected chi connectivity index (χ3v) is 6.22. The zero-order valence-electron chi connectivity index (χ0n) is 20.1. The number of hydrogen-bond donors (Lipinski definition) is 2. The molecule has 1 fully saturated rings. The van der Waals surface area contributed by atoms with E-state index in [1.807, 2.05) is 65.4 Å². The number of amides is 1. The van der Waals surface area contributed by atoms with Gasteiger partial charge in [0.05, 0.1) is 18.6 Å². The first-order valence-corrected chi connectivity index (χ1v) is 12.2. The largest absolute Gasteiger partial charge is 0.457 e. The van der Waals surface area contributed by atoms with Crippen LogP contribution in [0.1, 0.15) is 6.42 Å². The molecule has 0 unspecified atom stereocenters. The average Bonchev–Trinajstić information content (AvgIpc) is 3.28. The van der Waals surface area contributed by atoms with Crippen molar-refractivity contribution in [1.29, 1.82) is 0 Å². The Morgan fingerprint density at radius 1 is 1.03 bits per heavy atom. The summed E-state index contributed by atoms with van der Waals surface area (Å²) in [5.41, 5.74) is 8.67. The number of ether oxygens (including phenoxy) is 2. The maximum absolute atomic E-state index is 12.7. The molecule has 0 saturated carbocycles. The van der Waals surface area contributed by atoms with E-state index in [9.17, 15) is 4.79 Å². The molecule has 1 aliphatic rings. The van der Waals surface area contributed by atoms with Crippen molar-refractivity contribution in [2.75, 3.05) is 45.1 Å². The zero-order chi connectivity index (χ0) is 24.7. The van der Waals surface area contributed by atoms with Crippen LogP contribution in [-0.4, -0.2) is 64.7 Å².